The molecule has 0 unspecified atom stereocenters. The first kappa shape index (κ1) is 14.8. The van der Waals surface area contributed by atoms with Gasteiger partial charge in [0.2, 0.25) is 5.91 Å². The van der Waals surface area contributed by atoms with Gasteiger partial charge >= 0.3 is 0 Å². The van der Waals surface area contributed by atoms with Crippen molar-refractivity contribution in [3.05, 3.63) is 24.0 Å². The third-order valence-corrected chi connectivity index (χ3v) is 4.29. The summed E-state index contributed by atoms with van der Waals surface area (Å²) in [6.45, 7) is 0.321. The van der Waals surface area contributed by atoms with Gasteiger partial charge in [0.15, 0.2) is 9.84 Å². The van der Waals surface area contributed by atoms with Crippen molar-refractivity contribution in [2.75, 3.05) is 6.26 Å². The lowest BCUT2D eigenvalue weighted by Crippen LogP contribution is -2.14. The Labute approximate surface area is 121 Å². The molecule has 6 nitrogen and oxygen atoms in total. The van der Waals surface area contributed by atoms with E-state index in [0.29, 0.717) is 23.4 Å². The number of para-hydroxylation sites is 1. The maximum absolute atomic E-state index is 11.8. The Morgan fingerprint density at radius 1 is 1.45 bits per heavy atom. The number of primary amides is 1. The standard InChI is InChI=1S/C12H14ClN3O3S/c1-20(18,19)9-4-2-3-8-12(9)15-11(7-13)16(8)6-5-10(14)17/h2-4H,5-7H2,1H3,(H2,14,17). The number of hydrogen-bond acceptors (Lipinski definition) is 4. The van der Waals surface area contributed by atoms with E-state index in [4.69, 9.17) is 17.3 Å². The van der Waals surface area contributed by atoms with Crippen LogP contribution >= 0.6 is 11.6 Å². The van der Waals surface area contributed by atoms with Crippen LogP contribution in [0.4, 0.5) is 0 Å². The molecule has 1 heterocycles. The second-order valence-electron chi connectivity index (χ2n) is 4.43. The average molecular weight is 316 g/mol. The number of carbonyl (C=O) groups excluding carboxylic acids is 1. The van der Waals surface area contributed by atoms with E-state index in [0.717, 1.165) is 6.26 Å². The topological polar surface area (TPSA) is 95.1 Å². The molecule has 0 aliphatic rings. The molecule has 0 saturated heterocycles. The number of hydrogen-bond donors (Lipinski definition) is 1. The molecule has 0 saturated carbocycles. The van der Waals surface area contributed by atoms with Crippen LogP contribution in [0, 0.1) is 0 Å². The minimum absolute atomic E-state index is 0.122. The molecule has 0 spiro atoms. The molecule has 1 aromatic heterocycles. The highest BCUT2D eigenvalue weighted by molar-refractivity contribution is 7.91. The van der Waals surface area contributed by atoms with Crippen molar-refractivity contribution in [2.45, 2.75) is 23.7 Å². The predicted octanol–water partition coefficient (Wildman–Crippen LogP) is 1.05. The summed E-state index contributed by atoms with van der Waals surface area (Å²) in [5, 5.41) is 0. The summed E-state index contributed by atoms with van der Waals surface area (Å²) >= 11 is 5.84. The number of aryl methyl sites for hydroxylation is 1. The number of amides is 1. The van der Waals surface area contributed by atoms with E-state index in [-0.39, 0.29) is 17.2 Å². The van der Waals surface area contributed by atoms with Crippen LogP contribution in [0.5, 0.6) is 0 Å². The van der Waals surface area contributed by atoms with Gasteiger partial charge in [0.25, 0.3) is 0 Å². The third kappa shape index (κ3) is 2.78. The summed E-state index contributed by atoms with van der Waals surface area (Å²) in [6, 6.07) is 4.88. The third-order valence-electron chi connectivity index (χ3n) is 2.92. The minimum Gasteiger partial charge on any atom is -0.370 e. The van der Waals surface area contributed by atoms with E-state index in [9.17, 15) is 13.2 Å². The largest absolute Gasteiger partial charge is 0.370 e. The Morgan fingerprint density at radius 2 is 2.15 bits per heavy atom. The number of fused-ring (bicyclic) bond motifs is 1. The predicted molar refractivity (Wildman–Crippen MR) is 76.2 cm³/mol. The molecular weight excluding hydrogens is 302 g/mol. The number of imidazole rings is 1. The molecule has 1 amide bonds. The minimum atomic E-state index is -3.38. The second kappa shape index (κ2) is 5.41. The lowest BCUT2D eigenvalue weighted by molar-refractivity contribution is -0.118. The summed E-state index contributed by atoms with van der Waals surface area (Å²) in [5.41, 5.74) is 6.14. The van der Waals surface area contributed by atoms with Crippen LogP contribution in [-0.4, -0.2) is 30.1 Å². The van der Waals surface area contributed by atoms with Crippen molar-refractivity contribution in [3.63, 3.8) is 0 Å². The van der Waals surface area contributed by atoms with Gasteiger partial charge in [0.05, 0.1) is 16.3 Å². The number of carbonyl (C=O) groups is 1. The van der Waals surface area contributed by atoms with Crippen molar-refractivity contribution >= 4 is 38.4 Å². The molecule has 1 aromatic carbocycles. The molecule has 8 heteroatoms. The Bertz CT molecular complexity index is 768. The molecule has 0 radical (unpaired) electrons. The molecule has 2 aromatic rings. The van der Waals surface area contributed by atoms with Crippen molar-refractivity contribution in [1.82, 2.24) is 9.55 Å². The highest BCUT2D eigenvalue weighted by atomic mass is 35.5. The van der Waals surface area contributed by atoms with Gasteiger partial charge in [0, 0.05) is 19.2 Å². The smallest absolute Gasteiger partial charge is 0.219 e. The van der Waals surface area contributed by atoms with Crippen LogP contribution in [0.1, 0.15) is 12.2 Å². The number of nitrogens with two attached hydrogens (primary N) is 1. The summed E-state index contributed by atoms with van der Waals surface area (Å²) in [4.78, 5) is 15.3. The highest BCUT2D eigenvalue weighted by Gasteiger charge is 2.18. The highest BCUT2D eigenvalue weighted by Crippen LogP contribution is 2.24. The van der Waals surface area contributed by atoms with Crippen molar-refractivity contribution in [3.8, 4) is 0 Å². The van der Waals surface area contributed by atoms with Gasteiger partial charge < -0.3 is 10.3 Å². The monoisotopic (exact) mass is 315 g/mol. The number of aromatic nitrogens is 2. The first-order valence-corrected chi connectivity index (χ1v) is 8.29. The molecule has 0 aliphatic heterocycles. The van der Waals surface area contributed by atoms with Crippen LogP contribution in [0.2, 0.25) is 0 Å². The first-order valence-electron chi connectivity index (χ1n) is 5.87. The van der Waals surface area contributed by atoms with Gasteiger partial charge in [-0.1, -0.05) is 6.07 Å². The van der Waals surface area contributed by atoms with Crippen LogP contribution in [0.25, 0.3) is 11.0 Å². The fraction of sp³-hybridized carbons (Fsp3) is 0.333. The zero-order valence-electron chi connectivity index (χ0n) is 10.8. The van der Waals surface area contributed by atoms with Gasteiger partial charge in [-0.3, -0.25) is 4.79 Å². The van der Waals surface area contributed by atoms with E-state index in [1.165, 1.54) is 6.07 Å². The van der Waals surface area contributed by atoms with Gasteiger partial charge in [-0.25, -0.2) is 13.4 Å². The van der Waals surface area contributed by atoms with Gasteiger partial charge in [0.1, 0.15) is 11.3 Å². The zero-order chi connectivity index (χ0) is 14.9. The van der Waals surface area contributed by atoms with Crippen molar-refractivity contribution in [1.29, 1.82) is 0 Å². The molecular formula is C12H14ClN3O3S. The van der Waals surface area contributed by atoms with Gasteiger partial charge in [-0.2, -0.15) is 0 Å². The number of rotatable bonds is 5. The lowest BCUT2D eigenvalue weighted by atomic mass is 10.3. The van der Waals surface area contributed by atoms with E-state index in [1.54, 1.807) is 16.7 Å². The summed E-state index contributed by atoms with van der Waals surface area (Å²) in [7, 11) is -3.38. The Hall–Kier alpha value is -1.60. The van der Waals surface area contributed by atoms with Gasteiger partial charge in [-0.05, 0) is 12.1 Å². The van der Waals surface area contributed by atoms with Crippen LogP contribution in [0.15, 0.2) is 23.1 Å². The summed E-state index contributed by atoms with van der Waals surface area (Å²) in [6.07, 6.45) is 1.27. The summed E-state index contributed by atoms with van der Waals surface area (Å²) < 4.78 is 25.3. The van der Waals surface area contributed by atoms with Crippen molar-refractivity contribution in [2.24, 2.45) is 5.73 Å². The maximum atomic E-state index is 11.8. The lowest BCUT2D eigenvalue weighted by Gasteiger charge is -2.06. The molecule has 0 bridgehead atoms. The zero-order valence-corrected chi connectivity index (χ0v) is 12.4. The number of alkyl halides is 1. The normalized spacial score (nSPS) is 11.9. The fourth-order valence-electron chi connectivity index (χ4n) is 2.04. The molecule has 108 valence electrons. The van der Waals surface area contributed by atoms with E-state index >= 15 is 0 Å². The molecule has 0 atom stereocenters. The number of benzene rings is 1. The van der Waals surface area contributed by atoms with E-state index < -0.39 is 15.7 Å². The maximum Gasteiger partial charge on any atom is 0.219 e. The fourth-order valence-corrected chi connectivity index (χ4v) is 3.07. The van der Waals surface area contributed by atoms with Crippen molar-refractivity contribution < 1.29 is 13.2 Å². The SMILES string of the molecule is CS(=O)(=O)c1cccc2c1nc(CCl)n2CCC(N)=O. The average Bonchev–Trinajstić information content (AvgIpc) is 2.72. The Morgan fingerprint density at radius 3 is 2.70 bits per heavy atom. The molecule has 0 aliphatic carbocycles. The van der Waals surface area contributed by atoms with Crippen LogP contribution < -0.4 is 5.73 Å². The molecule has 20 heavy (non-hydrogen) atoms. The Kier molecular flexibility index (Phi) is 4.01. The van der Waals surface area contributed by atoms with E-state index in [2.05, 4.69) is 4.98 Å². The first-order chi connectivity index (χ1) is 9.34. The summed E-state index contributed by atoms with van der Waals surface area (Å²) in [5.74, 6) is 0.196. The van der Waals surface area contributed by atoms with E-state index in [1.807, 2.05) is 0 Å². The number of nitrogens with zero attached hydrogens (tertiary/aromatic N) is 2. The quantitative estimate of drug-likeness (QED) is 0.834. The number of halogens is 1. The molecule has 2 N–H and O–H groups in total. The van der Waals surface area contributed by atoms with Crippen LogP contribution in [0.3, 0.4) is 0 Å². The number of sulfone groups is 1. The molecule has 0 fully saturated rings. The molecule has 2 rings (SSSR count). The van der Waals surface area contributed by atoms with Gasteiger partial charge in [-0.15, -0.1) is 11.6 Å². The van der Waals surface area contributed by atoms with Crippen LogP contribution in [-0.2, 0) is 27.1 Å². The Balaban J connectivity index is 2.66. The second-order valence-corrected chi connectivity index (χ2v) is 6.68.